The van der Waals surface area contributed by atoms with Crippen molar-refractivity contribution in [1.82, 2.24) is 9.97 Å². The Morgan fingerprint density at radius 2 is 2.12 bits per heavy atom. The predicted octanol–water partition coefficient (Wildman–Crippen LogP) is 1.67. The van der Waals surface area contributed by atoms with Gasteiger partial charge in [0, 0.05) is 0 Å². The first-order chi connectivity index (χ1) is 7.48. The second-order valence-electron chi connectivity index (χ2n) is 3.74. The van der Waals surface area contributed by atoms with Crippen LogP contribution in [0.5, 0.6) is 0 Å². The minimum absolute atomic E-state index is 0.111. The number of hydrogen-bond donors (Lipinski definition) is 2. The van der Waals surface area contributed by atoms with Crippen molar-refractivity contribution in [1.29, 1.82) is 0 Å². The minimum Gasteiger partial charge on any atom is -0.480 e. The number of anilines is 1. The second kappa shape index (κ2) is 4.87. The van der Waals surface area contributed by atoms with Gasteiger partial charge < -0.3 is 10.4 Å². The Hall–Kier alpha value is -1.72. The largest absolute Gasteiger partial charge is 0.480 e. The molecule has 5 nitrogen and oxygen atoms in total. The molecule has 0 spiro atoms. The third-order valence-electron chi connectivity index (χ3n) is 2.23. The second-order valence-corrected chi connectivity index (χ2v) is 3.74. The lowest BCUT2D eigenvalue weighted by atomic mass is 9.97. The van der Waals surface area contributed by atoms with Crippen LogP contribution < -0.4 is 5.32 Å². The van der Waals surface area contributed by atoms with Crippen LogP contribution >= 0.6 is 0 Å². The first-order valence-corrected chi connectivity index (χ1v) is 4.97. The van der Waals surface area contributed by atoms with E-state index in [1.807, 2.05) is 6.92 Å². The highest BCUT2D eigenvalue weighted by Crippen LogP contribution is 2.17. The fourth-order valence-corrected chi connectivity index (χ4v) is 1.35. The normalized spacial score (nSPS) is 14.2. The van der Waals surface area contributed by atoms with E-state index >= 15 is 0 Å². The lowest BCUT2D eigenvalue weighted by Gasteiger charge is -2.25. The van der Waals surface area contributed by atoms with E-state index in [4.69, 9.17) is 5.11 Å². The van der Waals surface area contributed by atoms with Gasteiger partial charge in [-0.15, -0.1) is 0 Å². The summed E-state index contributed by atoms with van der Waals surface area (Å²) in [6, 6.07) is 0. The van der Waals surface area contributed by atoms with Crippen LogP contribution in [0, 0.1) is 5.82 Å². The van der Waals surface area contributed by atoms with Crippen molar-refractivity contribution in [3.8, 4) is 0 Å². The number of hydrogen-bond acceptors (Lipinski definition) is 4. The highest BCUT2D eigenvalue weighted by Gasteiger charge is 2.32. The maximum Gasteiger partial charge on any atom is 0.329 e. The van der Waals surface area contributed by atoms with Crippen molar-refractivity contribution in [3.63, 3.8) is 0 Å². The molecule has 0 aromatic carbocycles. The van der Waals surface area contributed by atoms with E-state index in [9.17, 15) is 9.18 Å². The van der Waals surface area contributed by atoms with Crippen LogP contribution in [-0.2, 0) is 4.79 Å². The molecule has 0 radical (unpaired) electrons. The topological polar surface area (TPSA) is 75.1 Å². The quantitative estimate of drug-likeness (QED) is 0.800. The number of halogens is 1. The molecule has 0 aliphatic carbocycles. The molecule has 1 rings (SSSR count). The van der Waals surface area contributed by atoms with Gasteiger partial charge >= 0.3 is 5.97 Å². The molecule has 0 saturated carbocycles. The molecule has 0 aliphatic rings. The smallest absolute Gasteiger partial charge is 0.329 e. The Morgan fingerprint density at radius 1 is 1.56 bits per heavy atom. The van der Waals surface area contributed by atoms with E-state index in [1.165, 1.54) is 0 Å². The van der Waals surface area contributed by atoms with Gasteiger partial charge in [0.2, 0.25) is 5.95 Å². The number of nitrogens with one attached hydrogen (secondary N) is 1. The number of carbonyl (C=O) groups is 1. The van der Waals surface area contributed by atoms with Gasteiger partial charge in [-0.25, -0.2) is 19.2 Å². The standard InChI is InChI=1S/C10H14FN3O2/c1-3-4-10(2,8(15)16)14-9-12-5-7(11)6-13-9/h5-6H,3-4H2,1-2H3,(H,15,16)(H,12,13,14). The monoisotopic (exact) mass is 227 g/mol. The van der Waals surface area contributed by atoms with E-state index in [1.54, 1.807) is 6.92 Å². The summed E-state index contributed by atoms with van der Waals surface area (Å²) in [5.41, 5.74) is -1.13. The summed E-state index contributed by atoms with van der Waals surface area (Å²) >= 11 is 0. The molecular weight excluding hydrogens is 213 g/mol. The van der Waals surface area contributed by atoms with Gasteiger partial charge in [0.1, 0.15) is 5.54 Å². The van der Waals surface area contributed by atoms with Crippen molar-refractivity contribution in [2.45, 2.75) is 32.2 Å². The maximum atomic E-state index is 12.6. The van der Waals surface area contributed by atoms with E-state index in [0.29, 0.717) is 12.8 Å². The highest BCUT2D eigenvalue weighted by atomic mass is 19.1. The number of carboxylic acids is 1. The molecular formula is C10H14FN3O2. The number of rotatable bonds is 5. The molecule has 0 amide bonds. The Morgan fingerprint density at radius 3 is 2.56 bits per heavy atom. The number of aliphatic carboxylic acids is 1. The highest BCUT2D eigenvalue weighted by molar-refractivity contribution is 5.81. The molecule has 88 valence electrons. The van der Waals surface area contributed by atoms with Crippen LogP contribution in [0.4, 0.5) is 10.3 Å². The van der Waals surface area contributed by atoms with Crippen LogP contribution in [0.25, 0.3) is 0 Å². The first kappa shape index (κ1) is 12.4. The van der Waals surface area contributed by atoms with Gasteiger partial charge in [-0.05, 0) is 13.3 Å². The fourth-order valence-electron chi connectivity index (χ4n) is 1.35. The van der Waals surface area contributed by atoms with E-state index in [0.717, 1.165) is 12.4 Å². The van der Waals surface area contributed by atoms with Gasteiger partial charge in [-0.1, -0.05) is 13.3 Å². The lowest BCUT2D eigenvalue weighted by Crippen LogP contribution is -2.43. The molecule has 1 unspecified atom stereocenters. The van der Waals surface area contributed by atoms with Crippen molar-refractivity contribution in [2.75, 3.05) is 5.32 Å². The summed E-state index contributed by atoms with van der Waals surface area (Å²) < 4.78 is 12.6. The molecule has 2 N–H and O–H groups in total. The van der Waals surface area contributed by atoms with Crippen LogP contribution in [0.2, 0.25) is 0 Å². The molecule has 16 heavy (non-hydrogen) atoms. The summed E-state index contributed by atoms with van der Waals surface area (Å²) in [5, 5.41) is 11.8. The van der Waals surface area contributed by atoms with Crippen molar-refractivity contribution in [3.05, 3.63) is 18.2 Å². The van der Waals surface area contributed by atoms with Gasteiger partial charge in [-0.3, -0.25) is 0 Å². The van der Waals surface area contributed by atoms with Gasteiger partial charge in [-0.2, -0.15) is 0 Å². The summed E-state index contributed by atoms with van der Waals surface area (Å²) in [5.74, 6) is -1.43. The molecule has 0 aliphatic heterocycles. The van der Waals surface area contributed by atoms with Crippen LogP contribution in [0.1, 0.15) is 26.7 Å². The first-order valence-electron chi connectivity index (χ1n) is 4.97. The van der Waals surface area contributed by atoms with Crippen LogP contribution in [0.3, 0.4) is 0 Å². The number of carboxylic acid groups (broad SMARTS) is 1. The molecule has 0 fully saturated rings. The molecule has 0 bridgehead atoms. The number of aromatic nitrogens is 2. The summed E-state index contributed by atoms with van der Waals surface area (Å²) in [6.45, 7) is 3.43. The van der Waals surface area contributed by atoms with E-state index in [2.05, 4.69) is 15.3 Å². The van der Waals surface area contributed by atoms with Crippen molar-refractivity contribution >= 4 is 11.9 Å². The minimum atomic E-state index is -1.13. The van der Waals surface area contributed by atoms with Gasteiger partial charge in [0.05, 0.1) is 12.4 Å². The van der Waals surface area contributed by atoms with Crippen LogP contribution in [0.15, 0.2) is 12.4 Å². The molecule has 0 saturated heterocycles. The van der Waals surface area contributed by atoms with E-state index < -0.39 is 17.3 Å². The Labute approximate surface area is 92.7 Å². The summed E-state index contributed by atoms with van der Waals surface area (Å²) in [6.07, 6.45) is 3.12. The molecule has 1 atom stereocenters. The van der Waals surface area contributed by atoms with Gasteiger partial charge in [0.15, 0.2) is 5.82 Å². The summed E-state index contributed by atoms with van der Waals surface area (Å²) in [4.78, 5) is 18.4. The molecule has 1 heterocycles. The Kier molecular flexibility index (Phi) is 3.76. The third-order valence-corrected chi connectivity index (χ3v) is 2.23. The molecule has 1 aromatic rings. The lowest BCUT2D eigenvalue weighted by molar-refractivity contribution is -0.142. The zero-order valence-corrected chi connectivity index (χ0v) is 9.20. The van der Waals surface area contributed by atoms with E-state index in [-0.39, 0.29) is 5.95 Å². The molecule has 1 aromatic heterocycles. The SMILES string of the molecule is CCCC(C)(Nc1ncc(F)cn1)C(=O)O. The fraction of sp³-hybridized carbons (Fsp3) is 0.500. The Bertz CT molecular complexity index is 369. The summed E-state index contributed by atoms with van der Waals surface area (Å²) in [7, 11) is 0. The van der Waals surface area contributed by atoms with Crippen molar-refractivity contribution in [2.24, 2.45) is 0 Å². The zero-order chi connectivity index (χ0) is 12.2. The Balaban J connectivity index is 2.83. The van der Waals surface area contributed by atoms with Crippen LogP contribution in [-0.4, -0.2) is 26.6 Å². The third kappa shape index (κ3) is 2.88. The predicted molar refractivity (Wildman–Crippen MR) is 56.6 cm³/mol. The number of nitrogens with zero attached hydrogens (tertiary/aromatic N) is 2. The maximum absolute atomic E-state index is 12.6. The van der Waals surface area contributed by atoms with Gasteiger partial charge in [0.25, 0.3) is 0 Å². The average Bonchev–Trinajstić information content (AvgIpc) is 2.22. The average molecular weight is 227 g/mol. The zero-order valence-electron chi connectivity index (χ0n) is 9.20. The van der Waals surface area contributed by atoms with Crippen molar-refractivity contribution < 1.29 is 14.3 Å². The molecule has 6 heteroatoms.